The molecule has 2 fully saturated rings. The van der Waals surface area contributed by atoms with E-state index in [9.17, 15) is 55.2 Å². The number of carbonyl (C=O) groups is 3. The van der Waals surface area contributed by atoms with Crippen molar-refractivity contribution in [2.24, 2.45) is 23.7 Å². The number of aliphatic hydroxyl groups excluding tert-OH is 8. The quantitative estimate of drug-likeness (QED) is 0.0375. The second kappa shape index (κ2) is 18.7. The minimum absolute atomic E-state index is 0.0210. The summed E-state index contributed by atoms with van der Waals surface area (Å²) in [5, 5.41) is 81.1. The first-order valence-electron chi connectivity index (χ1n) is 16.5. The Balaban J connectivity index is 1.66. The van der Waals surface area contributed by atoms with E-state index in [0.717, 1.165) is 26.7 Å². The van der Waals surface area contributed by atoms with Crippen LogP contribution in [0.3, 0.4) is 0 Å². The molecule has 0 spiro atoms. The second-order valence-electron chi connectivity index (χ2n) is 12.6. The number of aliphatic hydroxyl groups is 8. The lowest BCUT2D eigenvalue weighted by Gasteiger charge is -2.43. The fraction of sp³-hybridized carbons (Fsp3) is 0.618. The number of ether oxygens (including phenoxy) is 8. The molecule has 0 radical (unpaired) electrons. The molecule has 0 aliphatic carbocycles. The Bertz CT molecular complexity index is 1410. The van der Waals surface area contributed by atoms with Gasteiger partial charge in [-0.25, -0.2) is 9.59 Å². The lowest BCUT2D eigenvalue weighted by Crippen LogP contribution is -2.60. The Morgan fingerprint density at radius 2 is 1.15 bits per heavy atom. The van der Waals surface area contributed by atoms with E-state index >= 15 is 0 Å². The minimum Gasteiger partial charge on any atom is -0.471 e. The van der Waals surface area contributed by atoms with Crippen LogP contribution in [-0.2, 0) is 52.3 Å². The third-order valence-corrected chi connectivity index (χ3v) is 9.59. The molecule has 19 nitrogen and oxygen atoms in total. The first kappa shape index (κ1) is 42.2. The summed E-state index contributed by atoms with van der Waals surface area (Å²) in [7, 11) is 2.23. The van der Waals surface area contributed by atoms with E-state index in [0.29, 0.717) is 6.29 Å². The van der Waals surface area contributed by atoms with Gasteiger partial charge in [-0.1, -0.05) is 18.2 Å². The Kier molecular flexibility index (Phi) is 14.8. The number of esters is 2. The molecule has 0 bridgehead atoms. The molecule has 4 heterocycles. The highest BCUT2D eigenvalue weighted by Gasteiger charge is 2.50. The summed E-state index contributed by atoms with van der Waals surface area (Å²) in [5.74, 6) is -5.82. The van der Waals surface area contributed by atoms with Crippen molar-refractivity contribution in [1.29, 1.82) is 0 Å². The molecule has 0 aromatic carbocycles. The Hall–Kier alpha value is -3.57. The van der Waals surface area contributed by atoms with Crippen LogP contribution in [0.1, 0.15) is 6.42 Å². The van der Waals surface area contributed by atoms with Crippen LogP contribution in [0.2, 0.25) is 0 Å². The molecule has 19 heteroatoms. The number of rotatable bonds is 14. The van der Waals surface area contributed by atoms with Crippen molar-refractivity contribution >= 4 is 18.2 Å². The van der Waals surface area contributed by atoms with Crippen molar-refractivity contribution in [3.63, 3.8) is 0 Å². The van der Waals surface area contributed by atoms with Gasteiger partial charge in [-0.05, 0) is 12.0 Å². The molecule has 16 atom stereocenters. The maximum atomic E-state index is 13.0. The Morgan fingerprint density at radius 3 is 1.58 bits per heavy atom. The monoisotopic (exact) mass is 758 g/mol. The smallest absolute Gasteiger partial charge is 0.337 e. The normalized spacial score (nSPS) is 40.4. The van der Waals surface area contributed by atoms with E-state index in [2.05, 4.69) is 13.2 Å². The standard InChI is InChI=1S/C34H46O19/c1-5-15-17(18(29(44)46-3)12-48-31(15)52-33-27(42)25(40)23(38)20(10-36)50-33)8-7-14(9-35)22-16(6-2)32(49-13-19(22)30(45)47-4)53-34-28(43)26(41)24(39)21(11-37)51-34/h5-7,9,12-13,15-17,20-28,31-34,36-43H,1-2,8,10-11H2,3-4H3/t15-,16-,17+,20-,21-,22+,23-,24-,25+,26+,27-,28-,31+,32+,33+,34+/m1/s1. The molecule has 8 N–H and O–H groups in total. The molecule has 4 aliphatic heterocycles. The topological polar surface area (TPSA) is 287 Å². The molecule has 2 saturated heterocycles. The van der Waals surface area contributed by atoms with Gasteiger partial charge in [0, 0.05) is 17.8 Å². The maximum Gasteiger partial charge on any atom is 0.337 e. The zero-order valence-electron chi connectivity index (χ0n) is 28.8. The average molecular weight is 759 g/mol. The summed E-state index contributed by atoms with van der Waals surface area (Å²) in [6.45, 7) is 6.16. The summed E-state index contributed by atoms with van der Waals surface area (Å²) in [5.41, 5.74) is -0.223. The van der Waals surface area contributed by atoms with Crippen LogP contribution in [0.15, 0.2) is 60.6 Å². The average Bonchev–Trinajstić information content (AvgIpc) is 3.17. The van der Waals surface area contributed by atoms with E-state index < -0.39 is 123 Å². The molecule has 0 unspecified atom stereocenters. The van der Waals surface area contributed by atoms with E-state index in [1.807, 2.05) is 0 Å². The zero-order valence-corrected chi connectivity index (χ0v) is 28.8. The van der Waals surface area contributed by atoms with Crippen LogP contribution in [0.5, 0.6) is 0 Å². The minimum atomic E-state index is -1.81. The van der Waals surface area contributed by atoms with Crippen LogP contribution < -0.4 is 0 Å². The summed E-state index contributed by atoms with van der Waals surface area (Å²) in [4.78, 5) is 38.7. The highest BCUT2D eigenvalue weighted by atomic mass is 16.8. The van der Waals surface area contributed by atoms with Crippen LogP contribution in [-0.4, -0.2) is 161 Å². The second-order valence-corrected chi connectivity index (χ2v) is 12.6. The summed E-state index contributed by atoms with van der Waals surface area (Å²) in [6.07, 6.45) is -12.7. The first-order chi connectivity index (χ1) is 25.3. The van der Waals surface area contributed by atoms with Gasteiger partial charge in [-0.2, -0.15) is 0 Å². The fourth-order valence-corrected chi connectivity index (χ4v) is 6.58. The highest BCUT2D eigenvalue weighted by Crippen LogP contribution is 2.41. The Morgan fingerprint density at radius 1 is 0.698 bits per heavy atom. The van der Waals surface area contributed by atoms with Gasteiger partial charge in [0.25, 0.3) is 0 Å². The van der Waals surface area contributed by atoms with E-state index in [-0.39, 0.29) is 23.1 Å². The van der Waals surface area contributed by atoms with Gasteiger partial charge < -0.3 is 78.7 Å². The van der Waals surface area contributed by atoms with E-state index in [1.165, 1.54) is 18.2 Å². The molecule has 0 amide bonds. The molecule has 53 heavy (non-hydrogen) atoms. The number of allylic oxidation sites excluding steroid dienone is 2. The van der Waals surface area contributed by atoms with Crippen molar-refractivity contribution in [2.45, 2.75) is 80.4 Å². The zero-order chi connectivity index (χ0) is 39.1. The number of aldehydes is 1. The number of hydrogen-bond donors (Lipinski definition) is 8. The highest BCUT2D eigenvalue weighted by molar-refractivity contribution is 5.92. The van der Waals surface area contributed by atoms with Crippen molar-refractivity contribution in [1.82, 2.24) is 0 Å². The van der Waals surface area contributed by atoms with Crippen molar-refractivity contribution in [3.05, 3.63) is 60.6 Å². The molecule has 0 aromatic heterocycles. The van der Waals surface area contributed by atoms with Gasteiger partial charge >= 0.3 is 11.9 Å². The molecular weight excluding hydrogens is 712 g/mol. The first-order valence-corrected chi connectivity index (χ1v) is 16.5. The fourth-order valence-electron chi connectivity index (χ4n) is 6.58. The van der Waals surface area contributed by atoms with Gasteiger partial charge in [-0.3, -0.25) is 4.79 Å². The third kappa shape index (κ3) is 8.72. The van der Waals surface area contributed by atoms with Crippen LogP contribution >= 0.6 is 0 Å². The summed E-state index contributed by atoms with van der Waals surface area (Å²) in [6, 6.07) is 0. The van der Waals surface area contributed by atoms with E-state index in [1.54, 1.807) is 0 Å². The molecule has 296 valence electrons. The predicted molar refractivity (Wildman–Crippen MR) is 173 cm³/mol. The van der Waals surface area contributed by atoms with Gasteiger partial charge in [-0.15, -0.1) is 13.2 Å². The van der Waals surface area contributed by atoms with Gasteiger partial charge in [0.15, 0.2) is 12.6 Å². The summed E-state index contributed by atoms with van der Waals surface area (Å²) >= 11 is 0. The third-order valence-electron chi connectivity index (χ3n) is 9.59. The molecule has 4 aliphatic rings. The van der Waals surface area contributed by atoms with Gasteiger partial charge in [0.05, 0.1) is 57.0 Å². The van der Waals surface area contributed by atoms with E-state index in [4.69, 9.17) is 37.9 Å². The molecular formula is C34H46O19. The van der Waals surface area contributed by atoms with Crippen molar-refractivity contribution in [3.8, 4) is 0 Å². The predicted octanol–water partition coefficient (Wildman–Crippen LogP) is -3.20. The molecule has 0 saturated carbocycles. The number of methoxy groups -OCH3 is 2. The SMILES string of the molecule is C=C[C@H]1[C@H](O[C@@H]2O[C@H](CO)[C@@H](O)[C@H](O)[C@H]2O)OC=C(C(=O)OC)[C@H]1C(C=O)=CC[C@@H]1C(C(=O)OC)=CO[C@@H](O[C@@H]2O[C@H](CO)[C@@H](O)[C@H](O)[C@H]2O)[C@@H]1C=C. The van der Waals surface area contributed by atoms with Crippen LogP contribution in [0.4, 0.5) is 0 Å². The van der Waals surface area contributed by atoms with Crippen LogP contribution in [0.25, 0.3) is 0 Å². The number of carbonyl (C=O) groups excluding carboxylic acids is 3. The lowest BCUT2D eigenvalue weighted by atomic mass is 9.76. The molecule has 0 aromatic rings. The Labute approximate surface area is 303 Å². The summed E-state index contributed by atoms with van der Waals surface area (Å²) < 4.78 is 43.7. The van der Waals surface area contributed by atoms with Crippen molar-refractivity contribution < 1.29 is 93.1 Å². The largest absolute Gasteiger partial charge is 0.471 e. The van der Waals surface area contributed by atoms with Gasteiger partial charge in [0.2, 0.25) is 12.6 Å². The van der Waals surface area contributed by atoms with Crippen molar-refractivity contribution in [2.75, 3.05) is 27.4 Å². The number of hydrogen-bond acceptors (Lipinski definition) is 19. The van der Waals surface area contributed by atoms with Gasteiger partial charge in [0.1, 0.15) is 55.1 Å². The maximum absolute atomic E-state index is 13.0. The lowest BCUT2D eigenvalue weighted by molar-refractivity contribution is -0.339. The van der Waals surface area contributed by atoms with Crippen LogP contribution in [0, 0.1) is 23.7 Å². The molecule has 4 rings (SSSR count).